The first-order valence-electron chi connectivity index (χ1n) is 7.80. The van der Waals surface area contributed by atoms with Crippen LogP contribution < -0.4 is 5.73 Å². The molecule has 8 N–H and O–H groups in total. The zero-order valence-corrected chi connectivity index (χ0v) is 17.5. The van der Waals surface area contributed by atoms with E-state index in [0.717, 1.165) is 11.0 Å². The van der Waals surface area contributed by atoms with Crippen LogP contribution >= 0.6 is 23.5 Å². The Kier molecular flexibility index (Phi) is 6.63. The third-order valence-corrected chi connectivity index (χ3v) is 7.49. The fraction of sp³-hybridized carbons (Fsp3) is 0.556. The SMILES string of the molecule is Nc1ncnc2c1nnn2[C@@H]1O[C@H](COP(=O)(O)OP(=O)(O)OP(=O)(O)O)C(O)[C@@H]1O. The molecule has 1 aliphatic heterocycles. The maximum atomic E-state index is 11.8. The van der Waals surface area contributed by atoms with Crippen LogP contribution in [0.15, 0.2) is 6.33 Å². The number of rotatable bonds is 8. The highest BCUT2D eigenvalue weighted by molar-refractivity contribution is 7.66. The Labute approximate surface area is 170 Å². The van der Waals surface area contributed by atoms with Gasteiger partial charge in [-0.15, -0.1) is 5.10 Å². The van der Waals surface area contributed by atoms with E-state index in [0.29, 0.717) is 0 Å². The number of aliphatic hydroxyl groups excluding tert-OH is 2. The zero-order chi connectivity index (χ0) is 23.2. The Morgan fingerprint density at radius 1 is 1.06 bits per heavy atom. The molecular weight excluding hydrogens is 493 g/mol. The van der Waals surface area contributed by atoms with Crippen molar-refractivity contribution in [2.45, 2.75) is 24.5 Å². The lowest BCUT2D eigenvalue weighted by Gasteiger charge is -2.19. The minimum absolute atomic E-state index is 0.0199. The Morgan fingerprint density at radius 3 is 2.39 bits per heavy atom. The van der Waals surface area contributed by atoms with Crippen molar-refractivity contribution in [1.29, 1.82) is 0 Å². The summed E-state index contributed by atoms with van der Waals surface area (Å²) in [4.78, 5) is 43.1. The van der Waals surface area contributed by atoms with Gasteiger partial charge in [-0.2, -0.15) is 13.3 Å². The molecule has 19 nitrogen and oxygen atoms in total. The smallest absolute Gasteiger partial charge is 0.387 e. The molecule has 1 fully saturated rings. The van der Waals surface area contributed by atoms with Gasteiger partial charge in [-0.3, -0.25) is 4.52 Å². The molecule has 0 saturated carbocycles. The number of aromatic nitrogens is 5. The van der Waals surface area contributed by atoms with Crippen molar-refractivity contribution >= 4 is 40.4 Å². The number of phosphoric ester groups is 1. The summed E-state index contributed by atoms with van der Waals surface area (Å²) < 4.78 is 51.5. The molecule has 0 amide bonds. The van der Waals surface area contributed by atoms with Crippen LogP contribution in [0, 0.1) is 0 Å². The van der Waals surface area contributed by atoms with Gasteiger partial charge in [0.2, 0.25) is 0 Å². The summed E-state index contributed by atoms with van der Waals surface area (Å²) in [5.41, 5.74) is 5.74. The molecule has 3 rings (SSSR count). The summed E-state index contributed by atoms with van der Waals surface area (Å²) in [5, 5.41) is 27.8. The van der Waals surface area contributed by atoms with Crippen LogP contribution in [0.5, 0.6) is 0 Å². The van der Waals surface area contributed by atoms with Crippen LogP contribution in [0.4, 0.5) is 5.82 Å². The third-order valence-electron chi connectivity index (χ3n) is 3.69. The van der Waals surface area contributed by atoms with Crippen LogP contribution in [-0.2, 0) is 31.6 Å². The van der Waals surface area contributed by atoms with Gasteiger partial charge in [0.1, 0.15) is 24.6 Å². The molecule has 3 heterocycles. The van der Waals surface area contributed by atoms with E-state index in [-0.39, 0.29) is 17.0 Å². The molecule has 2 aromatic rings. The molecule has 0 aliphatic carbocycles. The van der Waals surface area contributed by atoms with Gasteiger partial charge in [0.05, 0.1) is 6.61 Å². The fourth-order valence-corrected chi connectivity index (χ4v) is 5.52. The molecule has 0 bridgehead atoms. The van der Waals surface area contributed by atoms with Crippen molar-refractivity contribution in [3.05, 3.63) is 6.33 Å². The zero-order valence-electron chi connectivity index (χ0n) is 14.8. The van der Waals surface area contributed by atoms with Crippen LogP contribution in [-0.4, -0.2) is 79.7 Å². The highest BCUT2D eigenvalue weighted by atomic mass is 31.3. The summed E-state index contributed by atoms with van der Waals surface area (Å²) in [6.07, 6.45) is -5.18. The fourth-order valence-electron chi connectivity index (χ4n) is 2.49. The van der Waals surface area contributed by atoms with Crippen molar-refractivity contribution in [3.8, 4) is 0 Å². The summed E-state index contributed by atoms with van der Waals surface area (Å²) in [7, 11) is -16.7. The van der Waals surface area contributed by atoms with E-state index in [1.807, 2.05) is 0 Å². The van der Waals surface area contributed by atoms with Gasteiger partial charge in [-0.25, -0.2) is 23.7 Å². The summed E-state index contributed by atoms with van der Waals surface area (Å²) in [5.74, 6) is -0.0199. The first-order chi connectivity index (χ1) is 14.2. The van der Waals surface area contributed by atoms with E-state index < -0.39 is 54.6 Å². The van der Waals surface area contributed by atoms with E-state index in [9.17, 15) is 28.8 Å². The molecule has 31 heavy (non-hydrogen) atoms. The molecular formula is C9H15N6O13P3. The second-order valence-corrected chi connectivity index (χ2v) is 10.3. The standard InChI is InChI=1S/C9H15N6O13P3/c10-7-4-8(12-2-11-7)15(14-13-4)9-6(17)5(16)3(26-9)1-25-30(21,22)28-31(23,24)27-29(18,19)20/h2-3,5-6,9,16-17H,1H2,(H,21,22)(H,23,24)(H2,10,11,12)(H2,18,19,20)/t3-,5?,6+,9-/m1/s1. The number of nitrogens with zero attached hydrogens (tertiary/aromatic N) is 5. The van der Waals surface area contributed by atoms with E-state index in [1.165, 1.54) is 0 Å². The van der Waals surface area contributed by atoms with Crippen LogP contribution in [0.2, 0.25) is 0 Å². The number of ether oxygens (including phenoxy) is 1. The minimum Gasteiger partial charge on any atom is -0.387 e. The van der Waals surface area contributed by atoms with Crippen molar-refractivity contribution < 1.29 is 61.4 Å². The average Bonchev–Trinajstić information content (AvgIpc) is 3.13. The number of phosphoric acid groups is 3. The summed E-state index contributed by atoms with van der Waals surface area (Å²) >= 11 is 0. The van der Waals surface area contributed by atoms with Crippen LogP contribution in [0.3, 0.4) is 0 Å². The summed E-state index contributed by atoms with van der Waals surface area (Å²) in [6.45, 7) is -0.984. The molecule has 174 valence electrons. The van der Waals surface area contributed by atoms with E-state index in [1.54, 1.807) is 0 Å². The number of anilines is 1. The predicted molar refractivity (Wildman–Crippen MR) is 93.3 cm³/mol. The number of hydrogen-bond donors (Lipinski definition) is 7. The van der Waals surface area contributed by atoms with Gasteiger partial charge in [0.15, 0.2) is 23.2 Å². The molecule has 22 heteroatoms. The number of hydrogen-bond acceptors (Lipinski definition) is 14. The first kappa shape index (κ1) is 24.2. The maximum absolute atomic E-state index is 11.8. The van der Waals surface area contributed by atoms with Crippen molar-refractivity contribution in [1.82, 2.24) is 25.0 Å². The van der Waals surface area contributed by atoms with Gasteiger partial charge in [-0.05, 0) is 0 Å². The Bertz CT molecular complexity index is 1110. The number of aliphatic hydroxyl groups is 2. The topological polar surface area (TPSA) is 292 Å². The Balaban J connectivity index is 1.69. The van der Waals surface area contributed by atoms with Crippen LogP contribution in [0.25, 0.3) is 11.2 Å². The third kappa shape index (κ3) is 5.68. The second kappa shape index (κ2) is 8.49. The predicted octanol–water partition coefficient (Wildman–Crippen LogP) is -2.23. The maximum Gasteiger partial charge on any atom is 0.490 e. The Morgan fingerprint density at radius 2 is 1.74 bits per heavy atom. The molecule has 3 unspecified atom stereocenters. The van der Waals surface area contributed by atoms with Crippen molar-refractivity contribution in [2.24, 2.45) is 0 Å². The average molecular weight is 508 g/mol. The number of nitrogen functional groups attached to an aromatic ring is 1. The van der Waals surface area contributed by atoms with Gasteiger partial charge < -0.3 is 40.3 Å². The summed E-state index contributed by atoms with van der Waals surface area (Å²) in [6, 6.07) is 0. The number of fused-ring (bicyclic) bond motifs is 1. The molecule has 2 aromatic heterocycles. The normalized spacial score (nSPS) is 28.5. The lowest BCUT2D eigenvalue weighted by molar-refractivity contribution is -0.0566. The molecule has 1 aliphatic rings. The number of nitrogens with two attached hydrogens (primary N) is 1. The van der Waals surface area contributed by atoms with Crippen LogP contribution in [0.1, 0.15) is 6.23 Å². The van der Waals surface area contributed by atoms with Crippen molar-refractivity contribution in [2.75, 3.05) is 12.3 Å². The lowest BCUT2D eigenvalue weighted by Crippen LogP contribution is -2.33. The molecule has 1 saturated heterocycles. The first-order valence-corrected chi connectivity index (χ1v) is 12.3. The van der Waals surface area contributed by atoms with E-state index in [2.05, 4.69) is 33.4 Å². The Hall–Kier alpha value is -1.43. The van der Waals surface area contributed by atoms with E-state index >= 15 is 0 Å². The second-order valence-electron chi connectivity index (χ2n) is 5.90. The van der Waals surface area contributed by atoms with Gasteiger partial charge in [0.25, 0.3) is 0 Å². The minimum atomic E-state index is -5.71. The largest absolute Gasteiger partial charge is 0.490 e. The molecule has 6 atom stereocenters. The molecule has 0 spiro atoms. The molecule has 0 aromatic carbocycles. The van der Waals surface area contributed by atoms with E-state index in [4.69, 9.17) is 25.2 Å². The van der Waals surface area contributed by atoms with Gasteiger partial charge in [-0.1, -0.05) is 5.21 Å². The molecule has 0 radical (unpaired) electrons. The van der Waals surface area contributed by atoms with Crippen molar-refractivity contribution in [3.63, 3.8) is 0 Å². The highest BCUT2D eigenvalue weighted by Gasteiger charge is 2.47. The quantitative estimate of drug-likeness (QED) is 0.185. The monoisotopic (exact) mass is 508 g/mol. The van der Waals surface area contributed by atoms with Gasteiger partial charge in [0, 0.05) is 0 Å². The van der Waals surface area contributed by atoms with Gasteiger partial charge >= 0.3 is 23.5 Å². The highest BCUT2D eigenvalue weighted by Crippen LogP contribution is 2.66. The lowest BCUT2D eigenvalue weighted by atomic mass is 10.1.